The minimum Gasteiger partial charge on any atom is -0.311 e. The number of hydrogen-bond donors (Lipinski definition) is 0. The van der Waals surface area contributed by atoms with E-state index in [4.69, 9.17) is 0 Å². The van der Waals surface area contributed by atoms with Crippen LogP contribution in [-0.4, -0.2) is 0 Å². The molecule has 0 fully saturated rings. The van der Waals surface area contributed by atoms with E-state index in [-0.39, 0.29) is 0 Å². The van der Waals surface area contributed by atoms with Gasteiger partial charge in [0, 0.05) is 43.0 Å². The largest absolute Gasteiger partial charge is 0.311 e. The summed E-state index contributed by atoms with van der Waals surface area (Å²) in [6, 6.07) is 67.8. The molecule has 9 aromatic rings. The van der Waals surface area contributed by atoms with Gasteiger partial charge in [0.1, 0.15) is 0 Å². The molecule has 0 unspecified atom stereocenters. The van der Waals surface area contributed by atoms with Gasteiger partial charge in [0.05, 0.1) is 0 Å². The smallest absolute Gasteiger partial charge is 0.0462 e. The quantitative estimate of drug-likeness (QED) is 0.165. The summed E-state index contributed by atoms with van der Waals surface area (Å²) in [6.07, 6.45) is 0. The molecule has 0 saturated carbocycles. The van der Waals surface area contributed by atoms with E-state index in [1.165, 1.54) is 64.3 Å². The van der Waals surface area contributed by atoms with E-state index >= 15 is 0 Å². The van der Waals surface area contributed by atoms with Gasteiger partial charge >= 0.3 is 0 Å². The topological polar surface area (TPSA) is 3.24 Å². The minimum absolute atomic E-state index is 1.13. The average molecular weight is 630 g/mol. The zero-order valence-electron chi connectivity index (χ0n) is 26.3. The van der Waals surface area contributed by atoms with Crippen molar-refractivity contribution in [3.63, 3.8) is 0 Å². The normalized spacial score (nSPS) is 11.3. The predicted octanol–water partition coefficient (Wildman–Crippen LogP) is 13.7. The molecule has 0 N–H and O–H groups in total. The van der Waals surface area contributed by atoms with Crippen molar-refractivity contribution >= 4 is 60.0 Å². The Labute approximate surface area is 284 Å². The molecular weight excluding hydrogens is 599 g/mol. The van der Waals surface area contributed by atoms with Crippen LogP contribution < -0.4 is 4.90 Å². The highest BCUT2D eigenvalue weighted by Crippen LogP contribution is 2.51. The Morgan fingerprint density at radius 2 is 0.812 bits per heavy atom. The van der Waals surface area contributed by atoms with Gasteiger partial charge in [-0.1, -0.05) is 146 Å². The third kappa shape index (κ3) is 4.86. The zero-order chi connectivity index (χ0) is 31.9. The first kappa shape index (κ1) is 28.3. The fourth-order valence-electron chi connectivity index (χ4n) is 7.04. The van der Waals surface area contributed by atoms with Crippen molar-refractivity contribution in [2.24, 2.45) is 0 Å². The molecule has 1 nitrogen and oxygen atoms in total. The lowest BCUT2D eigenvalue weighted by molar-refractivity contribution is 1.28. The van der Waals surface area contributed by atoms with Crippen molar-refractivity contribution in [3.8, 4) is 32.7 Å². The molecule has 0 bridgehead atoms. The summed E-state index contributed by atoms with van der Waals surface area (Å²) in [7, 11) is 0. The van der Waals surface area contributed by atoms with Crippen LogP contribution in [-0.2, 0) is 0 Å². The third-order valence-electron chi connectivity index (χ3n) is 9.25. The molecule has 0 spiro atoms. The van der Waals surface area contributed by atoms with Gasteiger partial charge in [0.2, 0.25) is 0 Å². The van der Waals surface area contributed by atoms with Crippen LogP contribution in [0.2, 0.25) is 0 Å². The van der Waals surface area contributed by atoms with Gasteiger partial charge in [-0.3, -0.25) is 0 Å². The Hall–Kier alpha value is -5.96. The van der Waals surface area contributed by atoms with E-state index in [9.17, 15) is 0 Å². The highest BCUT2D eigenvalue weighted by molar-refractivity contribution is 7.24. The van der Waals surface area contributed by atoms with Gasteiger partial charge in [0.15, 0.2) is 0 Å². The molecule has 0 aliphatic carbocycles. The molecule has 9 rings (SSSR count). The first-order valence-corrected chi connectivity index (χ1v) is 17.2. The van der Waals surface area contributed by atoms with E-state index in [1.54, 1.807) is 0 Å². The summed E-state index contributed by atoms with van der Waals surface area (Å²) in [4.78, 5) is 3.62. The zero-order valence-corrected chi connectivity index (χ0v) is 27.1. The highest BCUT2D eigenvalue weighted by Gasteiger charge is 2.21. The molecule has 8 aromatic carbocycles. The van der Waals surface area contributed by atoms with Crippen molar-refractivity contribution in [1.29, 1.82) is 0 Å². The van der Waals surface area contributed by atoms with Crippen molar-refractivity contribution < 1.29 is 0 Å². The van der Waals surface area contributed by atoms with Gasteiger partial charge in [-0.05, 0) is 80.9 Å². The molecule has 0 atom stereocenters. The number of para-hydroxylation sites is 2. The van der Waals surface area contributed by atoms with E-state index in [2.05, 4.69) is 193 Å². The SMILES string of the molecule is c1ccc(-c2sc3c4cc(-c5ccc(N(c6ccccc6)c6ccccc6)cc5)ccc4c4ccccc4c3c2-c2ccccc2)cc1. The Kier molecular flexibility index (Phi) is 7.07. The number of rotatable bonds is 6. The van der Waals surface area contributed by atoms with Gasteiger partial charge in [-0.15, -0.1) is 11.3 Å². The maximum absolute atomic E-state index is 2.41. The average Bonchev–Trinajstić information content (AvgIpc) is 3.58. The second kappa shape index (κ2) is 12.0. The summed E-state index contributed by atoms with van der Waals surface area (Å²) in [5.41, 5.74) is 9.64. The molecular formula is C46H31NS. The third-order valence-corrected chi connectivity index (χ3v) is 10.5. The summed E-state index contributed by atoms with van der Waals surface area (Å²) >= 11 is 1.91. The minimum atomic E-state index is 1.13. The van der Waals surface area contributed by atoms with Crippen molar-refractivity contribution in [3.05, 3.63) is 188 Å². The fourth-order valence-corrected chi connectivity index (χ4v) is 8.41. The Morgan fingerprint density at radius 1 is 0.333 bits per heavy atom. The maximum Gasteiger partial charge on any atom is 0.0462 e. The maximum atomic E-state index is 2.41. The van der Waals surface area contributed by atoms with Gasteiger partial charge in [-0.2, -0.15) is 0 Å². The molecule has 0 radical (unpaired) electrons. The van der Waals surface area contributed by atoms with E-state index < -0.39 is 0 Å². The lowest BCUT2D eigenvalue weighted by Gasteiger charge is -2.25. The van der Waals surface area contributed by atoms with Crippen molar-refractivity contribution in [2.75, 3.05) is 4.90 Å². The molecule has 0 saturated heterocycles. The van der Waals surface area contributed by atoms with Crippen molar-refractivity contribution in [2.45, 2.75) is 0 Å². The first-order chi connectivity index (χ1) is 23.8. The summed E-state index contributed by atoms with van der Waals surface area (Å²) < 4.78 is 1.33. The van der Waals surface area contributed by atoms with Crippen LogP contribution >= 0.6 is 11.3 Å². The standard InChI is InChI=1S/C46H31NS/c1-5-15-33(16-6-1)43-44-41-24-14-13-23-39(41)40-30-27-35(31-42(40)46(44)48-45(43)34-17-7-2-8-18-34)32-25-28-38(29-26-32)47(36-19-9-3-10-20-36)37-21-11-4-12-22-37/h1-31H. The second-order valence-electron chi connectivity index (χ2n) is 12.1. The number of benzene rings is 8. The first-order valence-electron chi connectivity index (χ1n) is 16.4. The van der Waals surface area contributed by atoms with Crippen LogP contribution in [0.5, 0.6) is 0 Å². The lowest BCUT2D eigenvalue weighted by atomic mass is 9.91. The summed E-state index contributed by atoms with van der Waals surface area (Å²) in [5.74, 6) is 0. The van der Waals surface area contributed by atoms with E-state index in [1.807, 2.05) is 11.3 Å². The molecule has 48 heavy (non-hydrogen) atoms. The van der Waals surface area contributed by atoms with Crippen LogP contribution in [0, 0.1) is 0 Å². The number of fused-ring (bicyclic) bond motifs is 6. The summed E-state index contributed by atoms with van der Waals surface area (Å²) in [5, 5.41) is 6.51. The second-order valence-corrected chi connectivity index (χ2v) is 13.1. The molecule has 0 aliphatic heterocycles. The molecule has 0 amide bonds. The molecule has 0 aliphatic rings. The van der Waals surface area contributed by atoms with Crippen LogP contribution in [0.25, 0.3) is 64.3 Å². The van der Waals surface area contributed by atoms with Crippen molar-refractivity contribution in [1.82, 2.24) is 0 Å². The number of hydrogen-bond acceptors (Lipinski definition) is 2. The Bertz CT molecular complexity index is 2480. The Morgan fingerprint density at radius 3 is 1.44 bits per heavy atom. The molecule has 2 heteroatoms. The van der Waals surface area contributed by atoms with E-state index in [0.29, 0.717) is 0 Å². The molecule has 226 valence electrons. The van der Waals surface area contributed by atoms with Crippen LogP contribution in [0.3, 0.4) is 0 Å². The lowest BCUT2D eigenvalue weighted by Crippen LogP contribution is -2.09. The van der Waals surface area contributed by atoms with E-state index in [0.717, 1.165) is 17.1 Å². The van der Waals surface area contributed by atoms with Crippen LogP contribution in [0.15, 0.2) is 188 Å². The predicted molar refractivity (Wildman–Crippen MR) is 208 cm³/mol. The number of anilines is 3. The summed E-state index contributed by atoms with van der Waals surface area (Å²) in [6.45, 7) is 0. The fraction of sp³-hybridized carbons (Fsp3) is 0. The monoisotopic (exact) mass is 629 g/mol. The van der Waals surface area contributed by atoms with Gasteiger partial charge in [0.25, 0.3) is 0 Å². The van der Waals surface area contributed by atoms with Crippen LogP contribution in [0.4, 0.5) is 17.1 Å². The number of nitrogens with zero attached hydrogens (tertiary/aromatic N) is 1. The van der Waals surface area contributed by atoms with Crippen LogP contribution in [0.1, 0.15) is 0 Å². The highest BCUT2D eigenvalue weighted by atomic mass is 32.1. The van der Waals surface area contributed by atoms with Gasteiger partial charge in [-0.25, -0.2) is 0 Å². The molecule has 1 heterocycles. The van der Waals surface area contributed by atoms with Gasteiger partial charge < -0.3 is 4.90 Å². The number of thiophene rings is 1. The molecule has 1 aromatic heterocycles. The Balaban J connectivity index is 1.24.